The molecule has 36 heavy (non-hydrogen) atoms. The van der Waals surface area contributed by atoms with Gasteiger partial charge in [-0.2, -0.15) is 0 Å². The highest BCUT2D eigenvalue weighted by Crippen LogP contribution is 2.02. The first-order valence-corrected chi connectivity index (χ1v) is 11.7. The van der Waals surface area contributed by atoms with E-state index in [0.29, 0.717) is 58.4 Å². The van der Waals surface area contributed by atoms with Crippen LogP contribution in [0, 0.1) is 0 Å². The van der Waals surface area contributed by atoms with E-state index < -0.39 is 17.8 Å². The van der Waals surface area contributed by atoms with Crippen LogP contribution in [0.4, 0.5) is 4.79 Å². The molecule has 0 radical (unpaired) electrons. The number of hydrogen-bond acceptors (Lipinski definition) is 9. The average Bonchev–Trinajstić information content (AvgIpc) is 2.92. The zero-order chi connectivity index (χ0) is 25.7. The van der Waals surface area contributed by atoms with Crippen LogP contribution in [0.1, 0.15) is 15.9 Å². The van der Waals surface area contributed by atoms with Gasteiger partial charge in [0, 0.05) is 12.1 Å². The Balaban J connectivity index is 1.29. The van der Waals surface area contributed by atoms with Gasteiger partial charge in [0.05, 0.1) is 52.9 Å². The molecule has 0 atom stereocenters. The summed E-state index contributed by atoms with van der Waals surface area (Å²) in [6.07, 6.45) is -0.487. The normalized spacial score (nSPS) is 10.6. The molecule has 1 N–H and O–H groups in total. The van der Waals surface area contributed by atoms with Crippen molar-refractivity contribution in [2.75, 3.05) is 66.0 Å². The van der Waals surface area contributed by atoms with E-state index in [0.717, 1.165) is 5.56 Å². The molecular weight excluding hydrogens is 470 g/mol. The highest BCUT2D eigenvalue weighted by Gasteiger charge is 2.17. The number of hydrogen-bond donors (Lipinski definition) is 1. The van der Waals surface area contributed by atoms with Gasteiger partial charge in [-0.15, -0.1) is 0 Å². The molecule has 0 aliphatic heterocycles. The highest BCUT2D eigenvalue weighted by molar-refractivity contribution is 6.40. The molecular formula is C26H33NO9. The molecule has 0 aliphatic carbocycles. The SMILES string of the molecule is O=C(NCCOCCOCCOCCOCCOC(=O)C(=O)c1ccccc1)OCc1ccccc1. The summed E-state index contributed by atoms with van der Waals surface area (Å²) >= 11 is 0. The monoisotopic (exact) mass is 503 g/mol. The topological polar surface area (TPSA) is 119 Å². The molecule has 0 unspecified atom stereocenters. The second-order valence-electron chi connectivity index (χ2n) is 7.27. The molecule has 0 aliphatic rings. The van der Waals surface area contributed by atoms with Crippen LogP contribution < -0.4 is 5.32 Å². The lowest BCUT2D eigenvalue weighted by atomic mass is 10.1. The maximum absolute atomic E-state index is 11.8. The lowest BCUT2D eigenvalue weighted by molar-refractivity contribution is -0.139. The molecule has 2 rings (SSSR count). The Kier molecular flexibility index (Phi) is 15.2. The van der Waals surface area contributed by atoms with E-state index in [1.165, 1.54) is 0 Å². The summed E-state index contributed by atoms with van der Waals surface area (Å²) in [7, 11) is 0. The first kappa shape index (κ1) is 28.9. The van der Waals surface area contributed by atoms with Gasteiger partial charge in [-0.3, -0.25) is 4.79 Å². The van der Waals surface area contributed by atoms with Gasteiger partial charge >= 0.3 is 12.1 Å². The van der Waals surface area contributed by atoms with E-state index in [1.807, 2.05) is 30.3 Å². The standard InChI is InChI=1S/C26H33NO9/c28-24(23-9-5-2-6-10-23)25(29)35-20-19-34-18-17-33-16-15-32-14-13-31-12-11-27-26(30)36-21-22-7-3-1-4-8-22/h1-10H,11-21H2,(H,27,30). The Labute approximate surface area is 210 Å². The van der Waals surface area contributed by atoms with Crippen molar-refractivity contribution in [3.05, 3.63) is 71.8 Å². The third-order valence-electron chi connectivity index (χ3n) is 4.53. The van der Waals surface area contributed by atoms with Gasteiger partial charge in [-0.25, -0.2) is 9.59 Å². The molecule has 0 saturated heterocycles. The van der Waals surface area contributed by atoms with Crippen molar-refractivity contribution in [3.8, 4) is 0 Å². The van der Waals surface area contributed by atoms with Crippen molar-refractivity contribution < 1.29 is 42.8 Å². The van der Waals surface area contributed by atoms with Gasteiger partial charge in [-0.05, 0) is 5.56 Å². The largest absolute Gasteiger partial charge is 0.457 e. The fourth-order valence-corrected chi connectivity index (χ4v) is 2.73. The molecule has 0 fully saturated rings. The second kappa shape index (κ2) is 18.9. The predicted octanol–water partition coefficient (Wildman–Crippen LogP) is 2.41. The van der Waals surface area contributed by atoms with Crippen molar-refractivity contribution in [1.82, 2.24) is 5.32 Å². The van der Waals surface area contributed by atoms with Crippen molar-refractivity contribution in [2.24, 2.45) is 0 Å². The number of ketones is 1. The van der Waals surface area contributed by atoms with E-state index in [1.54, 1.807) is 30.3 Å². The number of benzene rings is 2. The van der Waals surface area contributed by atoms with Gasteiger partial charge in [-0.1, -0.05) is 60.7 Å². The van der Waals surface area contributed by atoms with Crippen LogP contribution >= 0.6 is 0 Å². The third kappa shape index (κ3) is 13.5. The summed E-state index contributed by atoms with van der Waals surface area (Å²) in [5, 5.41) is 2.62. The Bertz CT molecular complexity index is 877. The van der Waals surface area contributed by atoms with E-state index >= 15 is 0 Å². The Morgan fingerprint density at radius 3 is 1.67 bits per heavy atom. The van der Waals surface area contributed by atoms with Crippen molar-refractivity contribution in [1.29, 1.82) is 0 Å². The predicted molar refractivity (Wildman–Crippen MR) is 130 cm³/mol. The van der Waals surface area contributed by atoms with Crippen molar-refractivity contribution in [2.45, 2.75) is 6.61 Å². The summed E-state index contributed by atoms with van der Waals surface area (Å²) in [5.41, 5.74) is 1.22. The van der Waals surface area contributed by atoms with E-state index in [4.69, 9.17) is 28.4 Å². The number of esters is 1. The third-order valence-corrected chi connectivity index (χ3v) is 4.53. The summed E-state index contributed by atoms with van der Waals surface area (Å²) in [5.74, 6) is -1.58. The fourth-order valence-electron chi connectivity index (χ4n) is 2.73. The van der Waals surface area contributed by atoms with Gasteiger partial charge < -0.3 is 33.7 Å². The Morgan fingerprint density at radius 1 is 0.583 bits per heavy atom. The minimum Gasteiger partial charge on any atom is -0.457 e. The lowest BCUT2D eigenvalue weighted by Gasteiger charge is -2.09. The van der Waals surface area contributed by atoms with Crippen LogP contribution in [0.5, 0.6) is 0 Å². The zero-order valence-corrected chi connectivity index (χ0v) is 20.2. The van der Waals surface area contributed by atoms with E-state index in [-0.39, 0.29) is 19.8 Å². The molecule has 0 bridgehead atoms. The molecule has 0 aromatic heterocycles. The second-order valence-corrected chi connectivity index (χ2v) is 7.27. The number of ether oxygens (including phenoxy) is 6. The quantitative estimate of drug-likeness (QED) is 0.133. The molecule has 0 heterocycles. The van der Waals surface area contributed by atoms with E-state index in [9.17, 15) is 14.4 Å². The Hall–Kier alpha value is -3.31. The van der Waals surface area contributed by atoms with Crippen LogP contribution in [0.3, 0.4) is 0 Å². The van der Waals surface area contributed by atoms with Crippen molar-refractivity contribution >= 4 is 17.8 Å². The summed E-state index contributed by atoms with van der Waals surface area (Å²) in [6.45, 7) is 3.40. The van der Waals surface area contributed by atoms with E-state index in [2.05, 4.69) is 5.32 Å². The fraction of sp³-hybridized carbons (Fsp3) is 0.423. The number of carbonyl (C=O) groups is 3. The number of rotatable bonds is 19. The molecule has 1 amide bonds. The number of amides is 1. The van der Waals surface area contributed by atoms with Gasteiger partial charge in [0.15, 0.2) is 0 Å². The summed E-state index contributed by atoms with van der Waals surface area (Å²) < 4.78 is 31.4. The smallest absolute Gasteiger partial charge is 0.407 e. The zero-order valence-electron chi connectivity index (χ0n) is 20.2. The number of Topliss-reactive ketones (excluding diaryl/α,β-unsaturated/α-hetero) is 1. The van der Waals surface area contributed by atoms with Crippen molar-refractivity contribution in [3.63, 3.8) is 0 Å². The minimum atomic E-state index is -0.903. The van der Waals surface area contributed by atoms with Crippen LogP contribution in [-0.2, 0) is 39.8 Å². The first-order valence-electron chi connectivity index (χ1n) is 11.7. The van der Waals surface area contributed by atoms with Crippen LogP contribution in [-0.4, -0.2) is 83.9 Å². The summed E-state index contributed by atoms with van der Waals surface area (Å²) in [6, 6.07) is 17.7. The average molecular weight is 504 g/mol. The molecule has 0 spiro atoms. The molecule has 10 nitrogen and oxygen atoms in total. The molecule has 2 aromatic carbocycles. The molecule has 2 aromatic rings. The lowest BCUT2D eigenvalue weighted by Crippen LogP contribution is -2.28. The van der Waals surface area contributed by atoms with Gasteiger partial charge in [0.2, 0.25) is 0 Å². The molecule has 10 heteroatoms. The summed E-state index contributed by atoms with van der Waals surface area (Å²) in [4.78, 5) is 35.1. The first-order chi connectivity index (χ1) is 17.7. The maximum atomic E-state index is 11.8. The minimum absolute atomic E-state index is 0.00902. The molecule has 0 saturated carbocycles. The number of carbonyl (C=O) groups excluding carboxylic acids is 3. The van der Waals surface area contributed by atoms with Gasteiger partial charge in [0.25, 0.3) is 5.78 Å². The highest BCUT2D eigenvalue weighted by atomic mass is 16.6. The van der Waals surface area contributed by atoms with Crippen LogP contribution in [0.2, 0.25) is 0 Å². The van der Waals surface area contributed by atoms with Crippen LogP contribution in [0.15, 0.2) is 60.7 Å². The maximum Gasteiger partial charge on any atom is 0.407 e. The van der Waals surface area contributed by atoms with Crippen LogP contribution in [0.25, 0.3) is 0 Å². The Morgan fingerprint density at radius 2 is 1.08 bits per heavy atom. The number of alkyl carbamates (subject to hydrolysis) is 1. The number of nitrogens with one attached hydrogen (secondary N) is 1. The van der Waals surface area contributed by atoms with Gasteiger partial charge in [0.1, 0.15) is 13.2 Å². The molecule has 196 valence electrons.